The van der Waals surface area contributed by atoms with Crippen LogP contribution >= 0.6 is 37.9 Å². The van der Waals surface area contributed by atoms with Crippen LogP contribution < -0.4 is 9.05 Å². The Labute approximate surface area is 598 Å². The van der Waals surface area contributed by atoms with Crippen LogP contribution in [0.15, 0.2) is 48.5 Å². The predicted molar refractivity (Wildman–Crippen MR) is 420 cm³/mol. The van der Waals surface area contributed by atoms with Crippen molar-refractivity contribution in [2.45, 2.75) is 407 Å². The molecule has 12 heteroatoms. The van der Waals surface area contributed by atoms with Gasteiger partial charge in [-0.05, 0) is 86.8 Å². The number of carbonyl (C=O) groups excluding carboxylic acids is 2. The second-order valence-electron chi connectivity index (χ2n) is 28.3. The number of carbonyl (C=O) groups is 2. The first-order valence-electron chi connectivity index (χ1n) is 40.7. The lowest BCUT2D eigenvalue weighted by Crippen LogP contribution is -2.18. The molecule has 95 heavy (non-hydrogen) atoms. The van der Waals surface area contributed by atoms with E-state index in [1.807, 2.05) is 22.8 Å². The molecule has 552 valence electrons. The number of hydrogen-bond acceptors (Lipinski definition) is 10. The molecule has 8 nitrogen and oxygen atoms in total. The minimum Gasteiger partial charge on any atom is -0.466 e. The summed E-state index contributed by atoms with van der Waals surface area (Å²) in [5.41, 5.74) is 2.29. The molecule has 0 saturated heterocycles. The number of ether oxygens (including phenoxy) is 2. The number of benzene rings is 2. The Morgan fingerprint density at radius 2 is 0.516 bits per heavy atom. The van der Waals surface area contributed by atoms with Gasteiger partial charge in [-0.15, -0.1) is 0 Å². The number of hydrogen-bond donors (Lipinski definition) is 0. The summed E-state index contributed by atoms with van der Waals surface area (Å²) in [4.78, 5) is 24.4. The lowest BCUT2D eigenvalue weighted by atomic mass is 9.78. The van der Waals surface area contributed by atoms with Gasteiger partial charge in [-0.3, -0.25) is 9.59 Å². The average Bonchev–Trinajstić information content (AvgIpc) is 0.825. The fourth-order valence-electron chi connectivity index (χ4n) is 12.3. The molecule has 0 bridgehead atoms. The van der Waals surface area contributed by atoms with Gasteiger partial charge >= 0.3 is 11.9 Å². The Bertz CT molecular complexity index is 1810. The van der Waals surface area contributed by atoms with Gasteiger partial charge in [0.1, 0.15) is 11.5 Å². The zero-order valence-electron chi connectivity index (χ0n) is 62.9. The highest BCUT2D eigenvalue weighted by Crippen LogP contribution is 2.54. The van der Waals surface area contributed by atoms with Crippen LogP contribution in [0.3, 0.4) is 0 Å². The fraction of sp³-hybridized carbons (Fsp3) is 0.831. The van der Waals surface area contributed by atoms with Gasteiger partial charge in [0, 0.05) is 29.8 Å². The van der Waals surface area contributed by atoms with E-state index in [4.69, 9.17) is 27.6 Å². The Hall–Kier alpha value is -1.54. The minimum atomic E-state index is -1.09. The molecule has 0 aliphatic carbocycles. The molecule has 0 N–H and O–H groups in total. The monoisotopic (exact) mass is 1400 g/mol. The molecular weight excluding hydrogens is 1250 g/mol. The molecule has 0 radical (unpaired) electrons. The molecule has 0 aliphatic rings. The minimum absolute atomic E-state index is 0.00380. The molecular formula is C83H150O8P2S2. The molecule has 0 spiro atoms. The summed E-state index contributed by atoms with van der Waals surface area (Å²) in [5.74, 6) is 3.87. The molecule has 2 aromatic rings. The van der Waals surface area contributed by atoms with Crippen molar-refractivity contribution >= 4 is 49.9 Å². The van der Waals surface area contributed by atoms with Gasteiger partial charge in [0.05, 0.1) is 26.4 Å². The summed E-state index contributed by atoms with van der Waals surface area (Å²) in [6, 6.07) is 17.6. The third kappa shape index (κ3) is 55.8. The maximum atomic E-state index is 12.2. The quantitative estimate of drug-likeness (QED) is 0.0362. The van der Waals surface area contributed by atoms with Gasteiger partial charge in [-0.1, -0.05) is 384 Å². The standard InChI is InChI=1S/C83H150O8P2S2/c1-7-11-15-19-23-31-39-47-55-71-86-81(84)61-53-45-37-29-27-35-43-51-59-75-94-92(88-73-57-49-41-33-25-21-17-13-9-3)90-79-67-63-77(64-68-79)83(5,6)78-65-69-80(70-66-78)91-93(89-74-58-50-42-34-26-22-18-14-10-4)95-76-60-52-44-36-28-30-38-46-54-62-82(85)87-72-56-48-40-32-24-20-16-12-8-2/h63-70H,7-62,71-76H2,1-6H3. The van der Waals surface area contributed by atoms with Crippen LogP contribution in [0, 0.1) is 0 Å². The maximum Gasteiger partial charge on any atom is 0.305 e. The molecule has 2 aromatic carbocycles. The van der Waals surface area contributed by atoms with Crippen molar-refractivity contribution in [2.75, 3.05) is 37.9 Å². The van der Waals surface area contributed by atoms with Gasteiger partial charge in [-0.25, -0.2) is 0 Å². The molecule has 2 atom stereocenters. The van der Waals surface area contributed by atoms with Crippen LogP contribution in [-0.2, 0) is 33.5 Å². The second-order valence-corrected chi connectivity index (χ2v) is 34.7. The zero-order valence-corrected chi connectivity index (χ0v) is 66.4. The van der Waals surface area contributed by atoms with E-state index >= 15 is 0 Å². The molecule has 0 aromatic heterocycles. The Morgan fingerprint density at radius 3 is 0.779 bits per heavy atom. The average molecular weight is 1400 g/mol. The first-order valence-corrected chi connectivity index (χ1v) is 46.3. The van der Waals surface area contributed by atoms with Gasteiger partial charge in [0.15, 0.2) is 0 Å². The van der Waals surface area contributed by atoms with Crippen LogP contribution in [-0.4, -0.2) is 49.9 Å². The zero-order chi connectivity index (χ0) is 68.3. The van der Waals surface area contributed by atoms with E-state index in [0.717, 1.165) is 87.6 Å². The Kier molecular flexibility index (Phi) is 64.3. The lowest BCUT2D eigenvalue weighted by Gasteiger charge is -2.27. The molecule has 0 fully saturated rings. The third-order valence-electron chi connectivity index (χ3n) is 18.9. The largest absolute Gasteiger partial charge is 0.466 e. The van der Waals surface area contributed by atoms with Crippen LogP contribution in [0.1, 0.15) is 412 Å². The van der Waals surface area contributed by atoms with Crippen molar-refractivity contribution in [3.63, 3.8) is 0 Å². The highest BCUT2D eigenvalue weighted by Gasteiger charge is 2.25. The second kappa shape index (κ2) is 68.2. The van der Waals surface area contributed by atoms with E-state index in [-0.39, 0.29) is 17.4 Å². The summed E-state index contributed by atoms with van der Waals surface area (Å²) in [6.07, 6.45) is 69.4. The van der Waals surface area contributed by atoms with Crippen molar-refractivity contribution in [1.29, 1.82) is 0 Å². The first-order chi connectivity index (χ1) is 46.7. The van der Waals surface area contributed by atoms with Crippen LogP contribution in [0.2, 0.25) is 0 Å². The van der Waals surface area contributed by atoms with Crippen molar-refractivity contribution in [3.05, 3.63) is 59.7 Å². The van der Waals surface area contributed by atoms with E-state index in [1.54, 1.807) is 0 Å². The predicted octanol–water partition coefficient (Wildman–Crippen LogP) is 29.7. The molecule has 0 saturated carbocycles. The van der Waals surface area contributed by atoms with E-state index in [0.29, 0.717) is 26.1 Å². The lowest BCUT2D eigenvalue weighted by molar-refractivity contribution is -0.144. The smallest absolute Gasteiger partial charge is 0.305 e. The van der Waals surface area contributed by atoms with Gasteiger partial charge in [0.25, 0.3) is 15.2 Å². The Balaban J connectivity index is 1.80. The van der Waals surface area contributed by atoms with Crippen molar-refractivity contribution in [2.24, 2.45) is 0 Å². The highest BCUT2D eigenvalue weighted by atomic mass is 32.7. The van der Waals surface area contributed by atoms with E-state index in [1.165, 1.54) is 306 Å². The van der Waals surface area contributed by atoms with Crippen LogP contribution in [0.25, 0.3) is 0 Å². The molecule has 2 unspecified atom stereocenters. The summed E-state index contributed by atoms with van der Waals surface area (Å²) in [6.45, 7) is 16.5. The number of unbranched alkanes of at least 4 members (excludes halogenated alkanes) is 48. The summed E-state index contributed by atoms with van der Waals surface area (Å²) < 4.78 is 37.5. The van der Waals surface area contributed by atoms with E-state index < -0.39 is 15.2 Å². The van der Waals surface area contributed by atoms with Crippen molar-refractivity contribution in [3.8, 4) is 11.5 Å². The SMILES string of the molecule is CCCCCCCCCCCOC(=O)CCCCCCCCCCCSP(OCCCCCCCCCCC)Oc1ccc(C(C)(C)c2ccc(OP(OCCCCCCCCCCC)SCCCCCCCCCCCC(=O)OCCCCCCCCCCC)cc2)cc1. The maximum absolute atomic E-state index is 12.2. The number of esters is 2. The summed E-state index contributed by atoms with van der Waals surface area (Å²) in [5, 5.41) is 0. The molecule has 0 amide bonds. The summed E-state index contributed by atoms with van der Waals surface area (Å²) >= 11 is 3.75. The van der Waals surface area contributed by atoms with Crippen LogP contribution in [0.4, 0.5) is 0 Å². The van der Waals surface area contributed by atoms with Gasteiger partial charge in [-0.2, -0.15) is 0 Å². The van der Waals surface area contributed by atoms with Crippen molar-refractivity contribution < 1.29 is 37.2 Å². The summed E-state index contributed by atoms with van der Waals surface area (Å²) in [7, 11) is -2.19. The molecule has 0 aliphatic heterocycles. The highest BCUT2D eigenvalue weighted by molar-refractivity contribution is 8.53. The first kappa shape index (κ1) is 89.5. The van der Waals surface area contributed by atoms with Gasteiger partial charge in [0.2, 0.25) is 0 Å². The van der Waals surface area contributed by atoms with Crippen LogP contribution in [0.5, 0.6) is 11.5 Å². The molecule has 2 rings (SSSR count). The van der Waals surface area contributed by atoms with Crippen molar-refractivity contribution in [1.82, 2.24) is 0 Å². The topological polar surface area (TPSA) is 89.5 Å². The Morgan fingerprint density at radius 1 is 0.295 bits per heavy atom. The van der Waals surface area contributed by atoms with E-state index in [9.17, 15) is 9.59 Å². The molecule has 0 heterocycles. The normalized spacial score (nSPS) is 12.4. The third-order valence-corrected chi connectivity index (χ3v) is 25.2. The van der Waals surface area contributed by atoms with Gasteiger partial charge < -0.3 is 27.6 Å². The van der Waals surface area contributed by atoms with E-state index in [2.05, 4.69) is 90.1 Å². The fourth-order valence-corrected chi connectivity index (χ4v) is 18.2. The number of rotatable bonds is 74.